The van der Waals surface area contributed by atoms with Crippen LogP contribution in [0.1, 0.15) is 38.5 Å². The van der Waals surface area contributed by atoms with Crippen LogP contribution in [0.4, 0.5) is 5.69 Å². The Kier molecular flexibility index (Phi) is 6.66. The van der Waals surface area contributed by atoms with Gasteiger partial charge in [-0.15, -0.1) is 0 Å². The molecule has 0 radical (unpaired) electrons. The summed E-state index contributed by atoms with van der Waals surface area (Å²) in [6.07, 6.45) is 8.40. The number of likely N-dealkylation sites (tertiary alicyclic amines) is 1. The van der Waals surface area contributed by atoms with Crippen molar-refractivity contribution < 1.29 is 4.79 Å². The lowest BCUT2D eigenvalue weighted by Gasteiger charge is -2.32. The van der Waals surface area contributed by atoms with Crippen LogP contribution in [0.25, 0.3) is 0 Å². The Morgan fingerprint density at radius 2 is 1.92 bits per heavy atom. The van der Waals surface area contributed by atoms with Crippen molar-refractivity contribution in [3.8, 4) is 0 Å². The molecule has 0 atom stereocenters. The number of hydrogen-bond donors (Lipinski definition) is 1. The summed E-state index contributed by atoms with van der Waals surface area (Å²) in [5.74, 6) is 0.270. The second kappa shape index (κ2) is 9.16. The van der Waals surface area contributed by atoms with Gasteiger partial charge in [-0.2, -0.15) is 5.10 Å². The second-order valence-corrected chi connectivity index (χ2v) is 7.48. The number of piperidine rings is 2. The predicted molar refractivity (Wildman–Crippen MR) is 102 cm³/mol. The highest BCUT2D eigenvalue weighted by Crippen LogP contribution is 2.21. The van der Waals surface area contributed by atoms with E-state index in [2.05, 4.69) is 20.2 Å². The molecule has 7 heteroatoms. The summed E-state index contributed by atoms with van der Waals surface area (Å²) >= 11 is 0. The number of hydrogen-bond acceptors (Lipinski definition) is 5. The molecule has 26 heavy (non-hydrogen) atoms. The number of carbonyl (C=O) groups excluding carboxylic acids is 1. The summed E-state index contributed by atoms with van der Waals surface area (Å²) in [5, 5.41) is 7.19. The minimum absolute atomic E-state index is 0.0840. The Bertz CT molecular complexity index is 646. The molecule has 1 aromatic heterocycles. The second-order valence-electron chi connectivity index (χ2n) is 7.48. The smallest absolute Gasteiger partial charge is 0.268 e. The Morgan fingerprint density at radius 1 is 1.19 bits per heavy atom. The fourth-order valence-electron chi connectivity index (χ4n) is 3.87. The van der Waals surface area contributed by atoms with E-state index in [9.17, 15) is 9.59 Å². The molecule has 0 unspecified atom stereocenters. The molecule has 7 nitrogen and oxygen atoms in total. The minimum atomic E-state index is -0.101. The molecule has 3 heterocycles. The van der Waals surface area contributed by atoms with Crippen LogP contribution in [0, 0.1) is 5.92 Å². The molecule has 2 fully saturated rings. The summed E-state index contributed by atoms with van der Waals surface area (Å²) in [5.41, 5.74) is 0.754. The Labute approximate surface area is 155 Å². The standard InChI is InChI=1S/C19H31N5O2/c1-22-18(25)14-17(15-21-22)24-12-6-16(7-13-24)19(26)20-8-5-11-23-9-3-2-4-10-23/h14-16H,2-13H2,1H3,(H,20,26). The first-order valence-electron chi connectivity index (χ1n) is 9.92. The van der Waals surface area contributed by atoms with Gasteiger partial charge < -0.3 is 15.1 Å². The highest BCUT2D eigenvalue weighted by Gasteiger charge is 2.25. The fourth-order valence-corrected chi connectivity index (χ4v) is 3.87. The van der Waals surface area contributed by atoms with E-state index < -0.39 is 0 Å². The van der Waals surface area contributed by atoms with Gasteiger partial charge in [0.15, 0.2) is 0 Å². The molecule has 0 aromatic carbocycles. The molecule has 1 amide bonds. The van der Waals surface area contributed by atoms with Gasteiger partial charge in [-0.25, -0.2) is 4.68 Å². The molecule has 3 rings (SSSR count). The van der Waals surface area contributed by atoms with Gasteiger partial charge in [-0.05, 0) is 51.7 Å². The van der Waals surface area contributed by atoms with Crippen LogP contribution in [0.5, 0.6) is 0 Å². The van der Waals surface area contributed by atoms with Crippen LogP contribution < -0.4 is 15.8 Å². The van der Waals surface area contributed by atoms with Crippen LogP contribution >= 0.6 is 0 Å². The normalized spacial score (nSPS) is 19.5. The van der Waals surface area contributed by atoms with Crippen molar-refractivity contribution in [2.24, 2.45) is 13.0 Å². The maximum Gasteiger partial charge on any atom is 0.268 e. The number of anilines is 1. The summed E-state index contributed by atoms with van der Waals surface area (Å²) < 4.78 is 1.33. The van der Waals surface area contributed by atoms with Gasteiger partial charge in [0.2, 0.25) is 5.91 Å². The van der Waals surface area contributed by atoms with E-state index in [4.69, 9.17) is 0 Å². The molecule has 1 aromatic rings. The summed E-state index contributed by atoms with van der Waals surface area (Å²) in [7, 11) is 1.65. The highest BCUT2D eigenvalue weighted by atomic mass is 16.2. The number of carbonyl (C=O) groups is 1. The number of rotatable bonds is 6. The van der Waals surface area contributed by atoms with E-state index in [1.54, 1.807) is 19.3 Å². The topological polar surface area (TPSA) is 70.5 Å². The molecule has 0 aliphatic carbocycles. The van der Waals surface area contributed by atoms with Gasteiger partial charge in [0.1, 0.15) is 0 Å². The van der Waals surface area contributed by atoms with E-state index in [0.717, 1.165) is 51.1 Å². The van der Waals surface area contributed by atoms with Gasteiger partial charge in [-0.3, -0.25) is 9.59 Å². The molecule has 144 valence electrons. The van der Waals surface area contributed by atoms with Crippen LogP contribution in [0.3, 0.4) is 0 Å². The van der Waals surface area contributed by atoms with E-state index in [0.29, 0.717) is 0 Å². The Hall–Kier alpha value is -1.89. The van der Waals surface area contributed by atoms with Gasteiger partial charge in [-0.1, -0.05) is 6.42 Å². The number of nitrogens with zero attached hydrogens (tertiary/aromatic N) is 4. The van der Waals surface area contributed by atoms with E-state index in [1.165, 1.54) is 37.0 Å². The quantitative estimate of drug-likeness (QED) is 0.765. The predicted octanol–water partition coefficient (Wildman–Crippen LogP) is 0.989. The van der Waals surface area contributed by atoms with Crippen LogP contribution in [-0.4, -0.2) is 59.9 Å². The zero-order valence-corrected chi connectivity index (χ0v) is 15.8. The lowest BCUT2D eigenvalue weighted by molar-refractivity contribution is -0.125. The zero-order chi connectivity index (χ0) is 18.4. The minimum Gasteiger partial charge on any atom is -0.370 e. The van der Waals surface area contributed by atoms with Crippen molar-refractivity contribution in [3.63, 3.8) is 0 Å². The number of aromatic nitrogens is 2. The number of nitrogens with one attached hydrogen (secondary N) is 1. The van der Waals surface area contributed by atoms with Gasteiger partial charge in [0.05, 0.1) is 11.9 Å². The molecule has 2 aliphatic rings. The lowest BCUT2D eigenvalue weighted by Crippen LogP contribution is -2.41. The molecule has 2 saturated heterocycles. The first kappa shape index (κ1) is 18.9. The molecule has 0 saturated carbocycles. The number of amides is 1. The maximum atomic E-state index is 12.4. The molecule has 0 spiro atoms. The average molecular weight is 361 g/mol. The van der Waals surface area contributed by atoms with Gasteiger partial charge in [0.25, 0.3) is 5.56 Å². The zero-order valence-electron chi connectivity index (χ0n) is 15.8. The van der Waals surface area contributed by atoms with Crippen LogP contribution in [0.15, 0.2) is 17.1 Å². The molecule has 0 bridgehead atoms. The Balaban J connectivity index is 1.36. The SMILES string of the molecule is Cn1ncc(N2CCC(C(=O)NCCCN3CCCCC3)CC2)cc1=O. The largest absolute Gasteiger partial charge is 0.370 e. The third kappa shape index (κ3) is 5.06. The summed E-state index contributed by atoms with van der Waals surface area (Å²) in [6.45, 7) is 5.87. The number of aryl methyl sites for hydroxylation is 1. The van der Waals surface area contributed by atoms with Crippen molar-refractivity contribution in [2.75, 3.05) is 44.2 Å². The molecule has 1 N–H and O–H groups in total. The highest BCUT2D eigenvalue weighted by molar-refractivity contribution is 5.78. The molecular weight excluding hydrogens is 330 g/mol. The summed E-state index contributed by atoms with van der Waals surface area (Å²) in [4.78, 5) is 28.8. The summed E-state index contributed by atoms with van der Waals surface area (Å²) in [6, 6.07) is 1.62. The molecule has 2 aliphatic heterocycles. The Morgan fingerprint density at radius 3 is 2.62 bits per heavy atom. The lowest BCUT2D eigenvalue weighted by atomic mass is 9.95. The first-order valence-corrected chi connectivity index (χ1v) is 9.92. The van der Waals surface area contributed by atoms with E-state index in [1.807, 2.05) is 0 Å². The van der Waals surface area contributed by atoms with Gasteiger partial charge >= 0.3 is 0 Å². The van der Waals surface area contributed by atoms with Crippen LogP contribution in [-0.2, 0) is 11.8 Å². The van der Waals surface area contributed by atoms with Gasteiger partial charge in [0, 0.05) is 38.7 Å². The average Bonchev–Trinajstić information content (AvgIpc) is 2.68. The van der Waals surface area contributed by atoms with Crippen molar-refractivity contribution in [3.05, 3.63) is 22.6 Å². The third-order valence-corrected chi connectivity index (χ3v) is 5.58. The monoisotopic (exact) mass is 361 g/mol. The van der Waals surface area contributed by atoms with Crippen molar-refractivity contribution >= 4 is 11.6 Å². The van der Waals surface area contributed by atoms with Crippen molar-refractivity contribution in [1.29, 1.82) is 0 Å². The van der Waals surface area contributed by atoms with E-state index >= 15 is 0 Å². The fraction of sp³-hybridized carbons (Fsp3) is 0.737. The van der Waals surface area contributed by atoms with Crippen LogP contribution in [0.2, 0.25) is 0 Å². The first-order chi connectivity index (χ1) is 12.6. The van der Waals surface area contributed by atoms with E-state index in [-0.39, 0.29) is 17.4 Å². The van der Waals surface area contributed by atoms with Crippen molar-refractivity contribution in [1.82, 2.24) is 20.0 Å². The van der Waals surface area contributed by atoms with Crippen molar-refractivity contribution in [2.45, 2.75) is 38.5 Å². The molecular formula is C19H31N5O2. The third-order valence-electron chi connectivity index (χ3n) is 5.58. The maximum absolute atomic E-state index is 12.4.